The fraction of sp³-hybridized carbons (Fsp3) is 0.0704. The quantitative estimate of drug-likeness (QED) is 0.171. The van der Waals surface area contributed by atoms with Crippen LogP contribution >= 0.6 is 0 Å². The fourth-order valence-corrected chi connectivity index (χ4v) is 14.0. The van der Waals surface area contributed by atoms with Crippen LogP contribution in [0.15, 0.2) is 241 Å². The second-order valence-corrected chi connectivity index (χ2v) is 21.1. The summed E-state index contributed by atoms with van der Waals surface area (Å²) < 4.78 is 6.35. The van der Waals surface area contributed by atoms with Crippen molar-refractivity contribution in [2.75, 3.05) is 4.90 Å². The molecule has 2 nitrogen and oxygen atoms in total. The first-order chi connectivity index (χ1) is 35.9. The smallest absolute Gasteiger partial charge is 0.136 e. The van der Waals surface area contributed by atoms with E-state index in [-0.39, 0.29) is 5.41 Å². The number of hydrogen-bond acceptors (Lipinski definition) is 2. The van der Waals surface area contributed by atoms with Crippen molar-refractivity contribution in [1.82, 2.24) is 0 Å². The molecule has 1 aromatic heterocycles. The Labute approximate surface area is 425 Å². The molecule has 2 heteroatoms. The van der Waals surface area contributed by atoms with Gasteiger partial charge in [-0.2, -0.15) is 0 Å². The van der Waals surface area contributed by atoms with Crippen molar-refractivity contribution in [2.45, 2.75) is 31.1 Å². The van der Waals surface area contributed by atoms with Crippen molar-refractivity contribution in [1.29, 1.82) is 0 Å². The van der Waals surface area contributed by atoms with Crippen LogP contribution in [0.2, 0.25) is 0 Å². The third-order valence-electron chi connectivity index (χ3n) is 17.1. The Hall–Kier alpha value is -8.98. The summed E-state index contributed by atoms with van der Waals surface area (Å²) in [7, 11) is 0. The molecule has 16 rings (SSSR count). The van der Waals surface area contributed by atoms with Crippen LogP contribution in [0.3, 0.4) is 0 Å². The number of hydrogen-bond donors (Lipinski definition) is 0. The second kappa shape index (κ2) is 14.8. The Morgan fingerprint density at radius 2 is 0.959 bits per heavy atom. The van der Waals surface area contributed by atoms with E-state index in [1.165, 1.54) is 100 Å². The molecule has 0 bridgehead atoms. The second-order valence-electron chi connectivity index (χ2n) is 21.1. The number of rotatable bonds is 5. The van der Waals surface area contributed by atoms with Crippen molar-refractivity contribution >= 4 is 39.0 Å². The lowest BCUT2D eigenvalue weighted by Crippen LogP contribution is -2.26. The summed E-state index contributed by atoms with van der Waals surface area (Å²) in [6.45, 7) is 4.74. The highest BCUT2D eigenvalue weighted by Gasteiger charge is 2.53. The third kappa shape index (κ3) is 5.48. The molecule has 73 heavy (non-hydrogen) atoms. The molecule has 342 valence electrons. The number of nitrogens with zero attached hydrogens (tertiary/aromatic N) is 1. The van der Waals surface area contributed by atoms with Crippen LogP contribution in [0.5, 0.6) is 0 Å². The molecular formula is C71H47NO. The minimum absolute atomic E-state index is 0.153. The summed E-state index contributed by atoms with van der Waals surface area (Å²) in [6, 6.07) is 88.7. The van der Waals surface area contributed by atoms with Crippen molar-refractivity contribution in [2.24, 2.45) is 0 Å². The standard InChI is InChI=1S/C71H47NO/c1-70(2)61-25-9-5-19-53(61)55-36-34-49(42-65(55)70)72(47-32-29-43(30-33-47)44-31-35-57-56-21-8-12-28-66(56)73-67(57)41-44)48-17-13-16-45(39-48)51-23-14-24-58-54-20-6-10-26-62(54)71(69(51)58)63-27-11-7-22-59(63)68-60-40-46-15-3-4-18-50(46)52(60)37-38-64(68)71/h3-39,41-42H,40H2,1-2H3. The zero-order valence-corrected chi connectivity index (χ0v) is 40.6. The van der Waals surface area contributed by atoms with Crippen LogP contribution in [0.1, 0.15) is 58.4 Å². The highest BCUT2D eigenvalue weighted by atomic mass is 16.3. The van der Waals surface area contributed by atoms with E-state index in [4.69, 9.17) is 4.42 Å². The van der Waals surface area contributed by atoms with Crippen molar-refractivity contribution < 1.29 is 4.42 Å². The molecule has 1 atom stereocenters. The van der Waals surface area contributed by atoms with Crippen LogP contribution in [0, 0.1) is 0 Å². The molecule has 4 aliphatic rings. The van der Waals surface area contributed by atoms with Gasteiger partial charge in [-0.25, -0.2) is 0 Å². The van der Waals surface area contributed by atoms with Crippen molar-refractivity contribution in [3.05, 3.63) is 281 Å². The van der Waals surface area contributed by atoms with Crippen LogP contribution in [-0.2, 0) is 17.3 Å². The van der Waals surface area contributed by atoms with Gasteiger partial charge in [-0.1, -0.05) is 196 Å². The van der Waals surface area contributed by atoms with Gasteiger partial charge in [0.2, 0.25) is 0 Å². The minimum atomic E-state index is -0.504. The monoisotopic (exact) mass is 929 g/mol. The predicted molar refractivity (Wildman–Crippen MR) is 301 cm³/mol. The van der Waals surface area contributed by atoms with E-state index in [2.05, 4.69) is 243 Å². The first-order valence-electron chi connectivity index (χ1n) is 25.7. The molecule has 0 N–H and O–H groups in total. The largest absolute Gasteiger partial charge is 0.456 e. The topological polar surface area (TPSA) is 16.4 Å². The Balaban J connectivity index is 0.880. The molecule has 4 aliphatic carbocycles. The average Bonchev–Trinajstić information content (AvgIpc) is 4.33. The lowest BCUT2D eigenvalue weighted by atomic mass is 9.68. The molecule has 0 fully saturated rings. The molecule has 12 aromatic rings. The Kier molecular flexibility index (Phi) is 8.25. The van der Waals surface area contributed by atoms with Crippen molar-refractivity contribution in [3.63, 3.8) is 0 Å². The van der Waals surface area contributed by atoms with E-state index in [1.54, 1.807) is 0 Å². The number of anilines is 3. The van der Waals surface area contributed by atoms with Crippen molar-refractivity contribution in [3.8, 4) is 66.8 Å². The third-order valence-corrected chi connectivity index (χ3v) is 17.1. The number of furan rings is 1. The Morgan fingerprint density at radius 3 is 1.81 bits per heavy atom. The maximum absolute atomic E-state index is 6.35. The number of benzene rings is 11. The Morgan fingerprint density at radius 1 is 0.356 bits per heavy atom. The highest BCUT2D eigenvalue weighted by molar-refractivity contribution is 6.06. The van der Waals surface area contributed by atoms with Gasteiger partial charge < -0.3 is 9.32 Å². The molecule has 1 spiro atoms. The van der Waals surface area contributed by atoms with Gasteiger partial charge in [0.15, 0.2) is 0 Å². The van der Waals surface area contributed by atoms with Gasteiger partial charge in [0.05, 0.1) is 5.41 Å². The van der Waals surface area contributed by atoms with E-state index >= 15 is 0 Å². The molecule has 0 saturated heterocycles. The van der Waals surface area contributed by atoms with Gasteiger partial charge in [0.1, 0.15) is 11.2 Å². The lowest BCUT2D eigenvalue weighted by molar-refractivity contribution is 0.660. The molecule has 0 aliphatic heterocycles. The van der Waals surface area contributed by atoms with E-state index in [0.29, 0.717) is 0 Å². The molecule has 1 unspecified atom stereocenters. The summed E-state index contributed by atoms with van der Waals surface area (Å²) in [6.07, 6.45) is 0.941. The first-order valence-corrected chi connectivity index (χ1v) is 25.7. The molecule has 0 saturated carbocycles. The van der Waals surface area contributed by atoms with Gasteiger partial charge in [-0.3, -0.25) is 0 Å². The molecule has 1 heterocycles. The normalized spacial score (nSPS) is 15.6. The van der Waals surface area contributed by atoms with Crippen LogP contribution in [0.4, 0.5) is 17.1 Å². The van der Waals surface area contributed by atoms with E-state index in [9.17, 15) is 0 Å². The SMILES string of the molecule is CC1(C)c2ccccc2-c2ccc(N(c3ccc(-c4ccc5c(c4)oc4ccccc45)cc3)c3cccc(-c4cccc5c4C4(c6ccccc6-5)c5ccccc5-c5c4ccc4c5Cc5ccccc5-4)c3)cc21. The van der Waals surface area contributed by atoms with Crippen LogP contribution < -0.4 is 4.90 Å². The van der Waals surface area contributed by atoms with Gasteiger partial charge in [-0.05, 0) is 172 Å². The van der Waals surface area contributed by atoms with E-state index < -0.39 is 5.41 Å². The first kappa shape index (κ1) is 40.7. The maximum atomic E-state index is 6.35. The van der Waals surface area contributed by atoms with Gasteiger partial charge >= 0.3 is 0 Å². The van der Waals surface area contributed by atoms with Gasteiger partial charge in [0.25, 0.3) is 0 Å². The molecule has 0 radical (unpaired) electrons. The molecular weight excluding hydrogens is 883 g/mol. The van der Waals surface area contributed by atoms with E-state index in [1.807, 2.05) is 12.1 Å². The Bertz CT molecular complexity index is 4340. The zero-order chi connectivity index (χ0) is 48.2. The lowest BCUT2D eigenvalue weighted by Gasteiger charge is -2.33. The van der Waals surface area contributed by atoms with Gasteiger partial charge in [0, 0.05) is 33.2 Å². The van der Waals surface area contributed by atoms with Crippen LogP contribution in [-0.4, -0.2) is 0 Å². The maximum Gasteiger partial charge on any atom is 0.136 e. The van der Waals surface area contributed by atoms with Crippen LogP contribution in [0.25, 0.3) is 88.7 Å². The predicted octanol–water partition coefficient (Wildman–Crippen LogP) is 18.6. The summed E-state index contributed by atoms with van der Waals surface area (Å²) in [5.41, 5.74) is 31.0. The highest BCUT2D eigenvalue weighted by Crippen LogP contribution is 2.66. The summed E-state index contributed by atoms with van der Waals surface area (Å²) >= 11 is 0. The molecule has 0 amide bonds. The zero-order valence-electron chi connectivity index (χ0n) is 40.6. The fourth-order valence-electron chi connectivity index (χ4n) is 14.0. The number of para-hydroxylation sites is 1. The summed E-state index contributed by atoms with van der Waals surface area (Å²) in [5, 5.41) is 2.28. The molecule has 11 aromatic carbocycles. The summed E-state index contributed by atoms with van der Waals surface area (Å²) in [4.78, 5) is 2.46. The number of fused-ring (bicyclic) bond motifs is 20. The minimum Gasteiger partial charge on any atom is -0.456 e. The summed E-state index contributed by atoms with van der Waals surface area (Å²) in [5.74, 6) is 0. The van der Waals surface area contributed by atoms with Gasteiger partial charge in [-0.15, -0.1) is 0 Å². The average molecular weight is 930 g/mol. The van der Waals surface area contributed by atoms with E-state index in [0.717, 1.165) is 56.5 Å².